The van der Waals surface area contributed by atoms with Crippen LogP contribution in [0.3, 0.4) is 0 Å². The number of aliphatic hydroxyl groups excluding tert-OH is 1. The van der Waals surface area contributed by atoms with Gasteiger partial charge in [-0.3, -0.25) is 0 Å². The van der Waals surface area contributed by atoms with Gasteiger partial charge in [0.15, 0.2) is 11.6 Å². The van der Waals surface area contributed by atoms with Crippen molar-refractivity contribution in [2.24, 2.45) is 0 Å². The van der Waals surface area contributed by atoms with Gasteiger partial charge in [-0.05, 0) is 31.5 Å². The van der Waals surface area contributed by atoms with Crippen LogP contribution in [-0.4, -0.2) is 18.7 Å². The minimum absolute atomic E-state index is 0.0217. The van der Waals surface area contributed by atoms with Crippen molar-refractivity contribution >= 4 is 5.69 Å². The van der Waals surface area contributed by atoms with E-state index in [-0.39, 0.29) is 12.1 Å². The number of aliphatic hydroxyl groups is 1. The van der Waals surface area contributed by atoms with E-state index in [1.165, 1.54) is 12.1 Å². The van der Waals surface area contributed by atoms with Crippen molar-refractivity contribution in [1.82, 2.24) is 0 Å². The maximum absolute atomic E-state index is 13.7. The van der Waals surface area contributed by atoms with Crippen LogP contribution in [0.5, 0.6) is 0 Å². The second-order valence-corrected chi connectivity index (χ2v) is 5.33. The fraction of sp³-hybridized carbons (Fsp3) is 0.294. The third kappa shape index (κ3) is 3.39. The molecule has 1 N–H and O–H groups in total. The van der Waals surface area contributed by atoms with Crippen molar-refractivity contribution in [3.05, 3.63) is 64.7 Å². The zero-order chi connectivity index (χ0) is 15.6. The van der Waals surface area contributed by atoms with E-state index in [9.17, 15) is 13.9 Å². The number of aryl methyl sites for hydroxylation is 2. The van der Waals surface area contributed by atoms with Gasteiger partial charge in [0.2, 0.25) is 0 Å². The second kappa shape index (κ2) is 6.22. The highest BCUT2D eigenvalue weighted by atomic mass is 19.2. The van der Waals surface area contributed by atoms with Gasteiger partial charge in [0.25, 0.3) is 0 Å². The molecule has 0 aliphatic carbocycles. The molecule has 0 amide bonds. The quantitative estimate of drug-likeness (QED) is 0.927. The number of anilines is 1. The van der Waals surface area contributed by atoms with Crippen LogP contribution in [0.1, 0.15) is 22.8 Å². The van der Waals surface area contributed by atoms with Gasteiger partial charge in [0.05, 0.1) is 6.10 Å². The number of nitrogens with zero attached hydrogens (tertiary/aromatic N) is 1. The predicted molar refractivity (Wildman–Crippen MR) is 80.5 cm³/mol. The molecule has 2 nitrogen and oxygen atoms in total. The molecule has 21 heavy (non-hydrogen) atoms. The van der Waals surface area contributed by atoms with Crippen molar-refractivity contribution < 1.29 is 13.9 Å². The van der Waals surface area contributed by atoms with E-state index in [0.717, 1.165) is 22.9 Å². The van der Waals surface area contributed by atoms with Gasteiger partial charge in [-0.2, -0.15) is 0 Å². The van der Waals surface area contributed by atoms with Crippen molar-refractivity contribution in [2.75, 3.05) is 18.5 Å². The van der Waals surface area contributed by atoms with Crippen LogP contribution in [0, 0.1) is 25.5 Å². The highest BCUT2D eigenvalue weighted by Crippen LogP contribution is 2.24. The number of hydrogen-bond acceptors (Lipinski definition) is 2. The van der Waals surface area contributed by atoms with Crippen molar-refractivity contribution in [2.45, 2.75) is 20.0 Å². The summed E-state index contributed by atoms with van der Waals surface area (Å²) in [5.74, 6) is -1.93. The molecule has 0 fully saturated rings. The maximum Gasteiger partial charge on any atom is 0.164 e. The Kier molecular flexibility index (Phi) is 4.58. The van der Waals surface area contributed by atoms with E-state index in [1.54, 1.807) is 0 Å². The molecule has 2 aromatic rings. The first-order chi connectivity index (χ1) is 9.90. The Bertz CT molecular complexity index is 643. The minimum Gasteiger partial charge on any atom is -0.386 e. The molecule has 0 radical (unpaired) electrons. The Morgan fingerprint density at radius 2 is 1.86 bits per heavy atom. The second-order valence-electron chi connectivity index (χ2n) is 5.33. The molecule has 0 saturated heterocycles. The third-order valence-electron chi connectivity index (χ3n) is 3.55. The average molecular weight is 291 g/mol. The maximum atomic E-state index is 13.7. The highest BCUT2D eigenvalue weighted by Gasteiger charge is 2.18. The van der Waals surface area contributed by atoms with Crippen LogP contribution in [0.2, 0.25) is 0 Å². The Hall–Kier alpha value is -1.94. The lowest BCUT2D eigenvalue weighted by Crippen LogP contribution is -2.25. The monoisotopic (exact) mass is 291 g/mol. The van der Waals surface area contributed by atoms with E-state index < -0.39 is 17.7 Å². The molecule has 0 heterocycles. The van der Waals surface area contributed by atoms with Crippen molar-refractivity contribution in [3.8, 4) is 0 Å². The molecule has 0 saturated carbocycles. The SMILES string of the molecule is Cc1ccc(N(C)CC(O)c2cccc(F)c2F)c(C)c1. The number of hydrogen-bond donors (Lipinski definition) is 1. The summed E-state index contributed by atoms with van der Waals surface area (Å²) in [4.78, 5) is 1.84. The lowest BCUT2D eigenvalue weighted by atomic mass is 10.1. The fourth-order valence-electron chi connectivity index (χ4n) is 2.47. The number of rotatable bonds is 4. The van der Waals surface area contributed by atoms with Gasteiger partial charge < -0.3 is 10.0 Å². The summed E-state index contributed by atoms with van der Waals surface area (Å²) in [6.07, 6.45) is -1.09. The lowest BCUT2D eigenvalue weighted by molar-refractivity contribution is 0.179. The van der Waals surface area contributed by atoms with Crippen LogP contribution >= 0.6 is 0 Å². The van der Waals surface area contributed by atoms with Crippen LogP contribution in [0.15, 0.2) is 36.4 Å². The number of likely N-dealkylation sites (N-methyl/N-ethyl adjacent to an activating group) is 1. The van der Waals surface area contributed by atoms with E-state index in [4.69, 9.17) is 0 Å². The van der Waals surface area contributed by atoms with E-state index in [0.29, 0.717) is 0 Å². The summed E-state index contributed by atoms with van der Waals surface area (Å²) in [6.45, 7) is 4.17. The van der Waals surface area contributed by atoms with Gasteiger partial charge in [-0.15, -0.1) is 0 Å². The lowest BCUT2D eigenvalue weighted by Gasteiger charge is -2.25. The normalized spacial score (nSPS) is 12.3. The first-order valence-corrected chi connectivity index (χ1v) is 6.80. The largest absolute Gasteiger partial charge is 0.386 e. The van der Waals surface area contributed by atoms with Crippen molar-refractivity contribution in [1.29, 1.82) is 0 Å². The smallest absolute Gasteiger partial charge is 0.164 e. The Balaban J connectivity index is 2.18. The standard InChI is InChI=1S/C17H19F2NO/c1-11-7-8-15(12(2)9-11)20(3)10-16(21)13-5-4-6-14(18)17(13)19/h4-9,16,21H,10H2,1-3H3. The molecule has 112 valence electrons. The molecule has 0 aliphatic heterocycles. The van der Waals surface area contributed by atoms with Gasteiger partial charge in [-0.1, -0.05) is 29.8 Å². The Morgan fingerprint density at radius 1 is 1.14 bits per heavy atom. The first-order valence-electron chi connectivity index (χ1n) is 6.80. The van der Waals surface area contributed by atoms with Gasteiger partial charge in [0.1, 0.15) is 0 Å². The summed E-state index contributed by atoms with van der Waals surface area (Å²) in [5, 5.41) is 10.2. The third-order valence-corrected chi connectivity index (χ3v) is 3.55. The molecule has 0 aromatic heterocycles. The summed E-state index contributed by atoms with van der Waals surface area (Å²) < 4.78 is 26.9. The van der Waals surface area contributed by atoms with E-state index in [1.807, 2.05) is 44.0 Å². The van der Waals surface area contributed by atoms with Crippen LogP contribution in [0.4, 0.5) is 14.5 Å². The molecule has 4 heteroatoms. The minimum atomic E-state index is -1.09. The molecule has 1 atom stereocenters. The molecular weight excluding hydrogens is 272 g/mol. The van der Waals surface area contributed by atoms with Crippen molar-refractivity contribution in [3.63, 3.8) is 0 Å². The van der Waals surface area contributed by atoms with E-state index >= 15 is 0 Å². The number of halogens is 2. The summed E-state index contributed by atoms with van der Waals surface area (Å²) in [5.41, 5.74) is 3.16. The average Bonchev–Trinajstić information content (AvgIpc) is 2.41. The molecule has 0 aliphatic rings. The summed E-state index contributed by atoms with van der Waals surface area (Å²) in [6, 6.07) is 9.82. The van der Waals surface area contributed by atoms with Gasteiger partial charge >= 0.3 is 0 Å². The zero-order valence-electron chi connectivity index (χ0n) is 12.4. The number of benzene rings is 2. The fourth-order valence-corrected chi connectivity index (χ4v) is 2.47. The van der Waals surface area contributed by atoms with Gasteiger partial charge in [-0.25, -0.2) is 8.78 Å². The highest BCUT2D eigenvalue weighted by molar-refractivity contribution is 5.54. The Labute approximate surface area is 123 Å². The molecule has 0 bridgehead atoms. The van der Waals surface area contributed by atoms with E-state index in [2.05, 4.69) is 0 Å². The molecule has 2 aromatic carbocycles. The molecule has 0 spiro atoms. The predicted octanol–water partition coefficient (Wildman–Crippen LogP) is 3.75. The Morgan fingerprint density at radius 3 is 2.52 bits per heavy atom. The summed E-state index contributed by atoms with van der Waals surface area (Å²) >= 11 is 0. The van der Waals surface area contributed by atoms with Crippen LogP contribution in [-0.2, 0) is 0 Å². The van der Waals surface area contributed by atoms with Crippen LogP contribution < -0.4 is 4.90 Å². The molecular formula is C17H19F2NO. The van der Waals surface area contributed by atoms with Crippen LogP contribution in [0.25, 0.3) is 0 Å². The summed E-state index contributed by atoms with van der Waals surface area (Å²) in [7, 11) is 1.82. The molecule has 1 unspecified atom stereocenters. The topological polar surface area (TPSA) is 23.5 Å². The van der Waals surface area contributed by atoms with Gasteiger partial charge in [0, 0.05) is 24.8 Å². The first kappa shape index (κ1) is 15.4. The zero-order valence-corrected chi connectivity index (χ0v) is 12.4. The molecule has 2 rings (SSSR count).